The third-order valence-corrected chi connectivity index (χ3v) is 9.55. The van der Waals surface area contributed by atoms with Crippen molar-refractivity contribution in [3.05, 3.63) is 71.3 Å². The van der Waals surface area contributed by atoms with Crippen molar-refractivity contribution in [1.29, 1.82) is 0 Å². The molecule has 3 rings (SSSR count). The van der Waals surface area contributed by atoms with Crippen LogP contribution in [0.3, 0.4) is 0 Å². The zero-order valence-electron chi connectivity index (χ0n) is 37.1. The van der Waals surface area contributed by atoms with E-state index in [-0.39, 0.29) is 23.9 Å². The van der Waals surface area contributed by atoms with Gasteiger partial charge in [0.05, 0.1) is 56.3 Å². The Morgan fingerprint density at radius 1 is 0.475 bits per heavy atom. The summed E-state index contributed by atoms with van der Waals surface area (Å²) < 4.78 is 34.6. The fraction of sp³-hybridized carbons (Fsp3) is 0.532. The number of carbonyl (C=O) groups excluding carboxylic acids is 3. The first-order chi connectivity index (χ1) is 29.6. The average molecular weight is 850 g/mol. The third-order valence-electron chi connectivity index (χ3n) is 9.55. The maximum Gasteiger partial charge on any atom is 0.323 e. The normalized spacial score (nSPS) is 10.7. The molecule has 0 bridgehead atoms. The van der Waals surface area contributed by atoms with Crippen molar-refractivity contribution in [1.82, 2.24) is 15.1 Å². The number of carboxylic acids is 1. The number of ether oxygens (including phenoxy) is 6. The van der Waals surface area contributed by atoms with Gasteiger partial charge in [-0.25, -0.2) is 0 Å². The molecule has 14 heteroatoms. The highest BCUT2D eigenvalue weighted by atomic mass is 16.5. The van der Waals surface area contributed by atoms with Crippen LogP contribution in [0.25, 0.3) is 0 Å². The van der Waals surface area contributed by atoms with Crippen molar-refractivity contribution >= 4 is 23.7 Å². The molecule has 0 fully saturated rings. The molecule has 14 nitrogen and oxygen atoms in total. The van der Waals surface area contributed by atoms with Gasteiger partial charge in [0.15, 0.2) is 34.5 Å². The first-order valence-corrected chi connectivity index (χ1v) is 21.9. The van der Waals surface area contributed by atoms with Crippen molar-refractivity contribution in [2.24, 2.45) is 0 Å². The van der Waals surface area contributed by atoms with Crippen LogP contribution in [0.5, 0.6) is 34.5 Å². The fourth-order valence-electron chi connectivity index (χ4n) is 6.86. The fourth-order valence-corrected chi connectivity index (χ4v) is 6.86. The zero-order chi connectivity index (χ0) is 44.4. The van der Waals surface area contributed by atoms with Gasteiger partial charge in [-0.2, -0.15) is 0 Å². The van der Waals surface area contributed by atoms with Gasteiger partial charge in [0.25, 0.3) is 17.7 Å². The SMILES string of the molecule is CCOc1cccc(C(=O)NCCCCCCN(CCCCCCN(CC(=O)O)C(=O)c2cccc(OCC)c2OCC)C(=O)c2cccc(OCC)c2OCC)c1OCC. The molecule has 0 radical (unpaired) electrons. The molecule has 0 aliphatic carbocycles. The van der Waals surface area contributed by atoms with Gasteiger partial charge >= 0.3 is 5.97 Å². The molecule has 0 atom stereocenters. The van der Waals surface area contributed by atoms with E-state index in [2.05, 4.69) is 5.32 Å². The molecular formula is C47H67N3O11. The van der Waals surface area contributed by atoms with Crippen LogP contribution in [-0.4, -0.2) is 111 Å². The number of amides is 3. The summed E-state index contributed by atoms with van der Waals surface area (Å²) in [7, 11) is 0. The summed E-state index contributed by atoms with van der Waals surface area (Å²) >= 11 is 0. The molecule has 0 heterocycles. The Kier molecular flexibility index (Phi) is 22.8. The van der Waals surface area contributed by atoms with Crippen LogP contribution in [0.15, 0.2) is 54.6 Å². The number of nitrogens with one attached hydrogen (secondary N) is 1. The minimum Gasteiger partial charge on any atom is -0.490 e. The second-order valence-electron chi connectivity index (χ2n) is 14.0. The molecule has 0 spiro atoms. The van der Waals surface area contributed by atoms with E-state index in [0.717, 1.165) is 38.5 Å². The van der Waals surface area contributed by atoms with Gasteiger partial charge in [0.2, 0.25) is 0 Å². The van der Waals surface area contributed by atoms with Gasteiger partial charge in [0, 0.05) is 26.2 Å². The van der Waals surface area contributed by atoms with Gasteiger partial charge in [-0.1, -0.05) is 43.9 Å². The molecule has 3 aromatic rings. The molecule has 0 aliphatic heterocycles. The van der Waals surface area contributed by atoms with Crippen LogP contribution < -0.4 is 33.7 Å². The van der Waals surface area contributed by atoms with Crippen LogP contribution in [0, 0.1) is 0 Å². The zero-order valence-corrected chi connectivity index (χ0v) is 37.1. The predicted molar refractivity (Wildman–Crippen MR) is 235 cm³/mol. The number of aliphatic carboxylic acids is 1. The average Bonchev–Trinajstić information content (AvgIpc) is 3.24. The van der Waals surface area contributed by atoms with Gasteiger partial charge < -0.3 is 48.6 Å². The lowest BCUT2D eigenvalue weighted by Gasteiger charge is -2.25. The molecule has 0 unspecified atom stereocenters. The van der Waals surface area contributed by atoms with Gasteiger partial charge in [-0.3, -0.25) is 19.2 Å². The standard InChI is InChI=1S/C47H67N3O11/c1-7-56-38-27-21-24-35(42(38)59-10-4)45(53)48-30-17-13-14-18-31-49(46(54)36-25-22-28-39(57-8-2)43(36)60-11-5)32-19-15-16-20-33-50(34-41(51)52)47(55)37-26-23-29-40(58-9-3)44(37)61-12-6/h21-29H,7-20,30-34H2,1-6H3,(H,48,53)(H,51,52). The Labute approximate surface area is 361 Å². The summed E-state index contributed by atoms with van der Waals surface area (Å²) in [5.41, 5.74) is 1.14. The predicted octanol–water partition coefficient (Wildman–Crippen LogP) is 8.30. The van der Waals surface area contributed by atoms with Gasteiger partial charge in [-0.15, -0.1) is 0 Å². The van der Waals surface area contributed by atoms with E-state index in [0.29, 0.717) is 118 Å². The lowest BCUT2D eigenvalue weighted by Crippen LogP contribution is -2.36. The van der Waals surface area contributed by atoms with Crippen molar-refractivity contribution in [3.63, 3.8) is 0 Å². The van der Waals surface area contributed by atoms with E-state index in [4.69, 9.17) is 28.4 Å². The molecule has 61 heavy (non-hydrogen) atoms. The van der Waals surface area contributed by atoms with Crippen LogP contribution in [-0.2, 0) is 4.79 Å². The Morgan fingerprint density at radius 2 is 0.836 bits per heavy atom. The first-order valence-electron chi connectivity index (χ1n) is 21.9. The molecular weight excluding hydrogens is 783 g/mol. The lowest BCUT2D eigenvalue weighted by atomic mass is 10.1. The van der Waals surface area contributed by atoms with E-state index in [1.807, 2.05) is 46.4 Å². The molecule has 0 aromatic heterocycles. The molecule has 3 amide bonds. The molecule has 336 valence electrons. The van der Waals surface area contributed by atoms with E-state index >= 15 is 0 Å². The Hall–Kier alpha value is -5.66. The van der Waals surface area contributed by atoms with Crippen LogP contribution in [0.2, 0.25) is 0 Å². The molecule has 0 saturated carbocycles. The number of nitrogens with zero attached hydrogens (tertiary/aromatic N) is 2. The van der Waals surface area contributed by atoms with Gasteiger partial charge in [0.1, 0.15) is 6.54 Å². The number of carboxylic acid groups (broad SMARTS) is 1. The van der Waals surface area contributed by atoms with Crippen LogP contribution in [0.1, 0.15) is 124 Å². The maximum atomic E-state index is 14.2. The highest BCUT2D eigenvalue weighted by molar-refractivity contribution is 5.99. The number of hydrogen-bond acceptors (Lipinski definition) is 10. The number of para-hydroxylation sites is 3. The first kappa shape index (κ1) is 49.7. The van der Waals surface area contributed by atoms with Crippen molar-refractivity contribution in [2.45, 2.75) is 92.9 Å². The van der Waals surface area contributed by atoms with Crippen LogP contribution >= 0.6 is 0 Å². The molecule has 2 N–H and O–H groups in total. The quantitative estimate of drug-likeness (QED) is 0.0599. The molecule has 0 aliphatic rings. The Morgan fingerprint density at radius 3 is 1.25 bits per heavy atom. The highest BCUT2D eigenvalue weighted by Gasteiger charge is 2.25. The number of carbonyl (C=O) groups is 4. The van der Waals surface area contributed by atoms with E-state index in [1.165, 1.54) is 4.90 Å². The largest absolute Gasteiger partial charge is 0.490 e. The van der Waals surface area contributed by atoms with Gasteiger partial charge in [-0.05, 0) is 104 Å². The second kappa shape index (κ2) is 28.0. The second-order valence-corrected chi connectivity index (χ2v) is 14.0. The smallest absolute Gasteiger partial charge is 0.323 e. The summed E-state index contributed by atoms with van der Waals surface area (Å²) in [4.78, 5) is 55.9. The van der Waals surface area contributed by atoms with E-state index in [1.54, 1.807) is 54.6 Å². The molecule has 3 aromatic carbocycles. The minimum atomic E-state index is -1.11. The van der Waals surface area contributed by atoms with E-state index < -0.39 is 18.4 Å². The third kappa shape index (κ3) is 15.7. The van der Waals surface area contributed by atoms with Crippen LogP contribution in [0.4, 0.5) is 0 Å². The number of benzene rings is 3. The maximum absolute atomic E-state index is 14.2. The number of hydrogen-bond donors (Lipinski definition) is 2. The number of rotatable bonds is 31. The monoisotopic (exact) mass is 849 g/mol. The summed E-state index contributed by atoms with van der Waals surface area (Å²) in [5, 5.41) is 12.7. The van der Waals surface area contributed by atoms with E-state index in [9.17, 15) is 24.3 Å². The summed E-state index contributed by atoms with van der Waals surface area (Å²) in [6.07, 6.45) is 6.02. The highest BCUT2D eigenvalue weighted by Crippen LogP contribution is 2.34. The van der Waals surface area contributed by atoms with Crippen molar-refractivity contribution in [3.8, 4) is 34.5 Å². The topological polar surface area (TPSA) is 162 Å². The Balaban J connectivity index is 1.62. The summed E-state index contributed by atoms with van der Waals surface area (Å²) in [6.45, 7) is 14.9. The minimum absolute atomic E-state index is 0.144. The van der Waals surface area contributed by atoms with Crippen molar-refractivity contribution in [2.75, 3.05) is 72.4 Å². The van der Waals surface area contributed by atoms with Crippen molar-refractivity contribution < 1.29 is 52.7 Å². The molecule has 0 saturated heterocycles. The summed E-state index contributed by atoms with van der Waals surface area (Å²) in [5.74, 6) is 0.774. The summed E-state index contributed by atoms with van der Waals surface area (Å²) in [6, 6.07) is 15.7. The Bertz CT molecular complexity index is 1820. The lowest BCUT2D eigenvalue weighted by molar-refractivity contribution is -0.137. The number of unbranched alkanes of at least 4 members (excludes halogenated alkanes) is 6.